The van der Waals surface area contributed by atoms with Gasteiger partial charge in [-0.25, -0.2) is 0 Å². The van der Waals surface area contributed by atoms with Crippen molar-refractivity contribution in [2.45, 2.75) is 289 Å². The zero-order valence-electron chi connectivity index (χ0n) is 37.9. The number of rotatable bonds is 47. The first-order valence-electron chi connectivity index (χ1n) is 25.7. The summed E-state index contributed by atoms with van der Waals surface area (Å²) >= 11 is 0. The molecule has 0 atom stereocenters. The van der Waals surface area contributed by atoms with Crippen molar-refractivity contribution in [3.63, 3.8) is 0 Å². The second kappa shape index (κ2) is 45.2. The molecule has 0 aliphatic heterocycles. The Hall–Kier alpha value is -1.84. The van der Waals surface area contributed by atoms with Gasteiger partial charge < -0.3 is 9.84 Å². The van der Waals surface area contributed by atoms with E-state index in [0.29, 0.717) is 18.6 Å². The molecule has 0 heterocycles. The molecule has 0 radical (unpaired) electrons. The van der Waals surface area contributed by atoms with Gasteiger partial charge in [0.2, 0.25) is 0 Å². The largest absolute Gasteiger partial charge is 0.481 e. The Labute approximate surface area is 355 Å². The molecule has 0 saturated carbocycles. The van der Waals surface area contributed by atoms with Gasteiger partial charge in [-0.05, 0) is 25.0 Å². The summed E-state index contributed by atoms with van der Waals surface area (Å²) in [6.07, 6.45) is 60.3. The third-order valence-electron chi connectivity index (χ3n) is 12.2. The third-order valence-corrected chi connectivity index (χ3v) is 12.2. The standard InChI is InChI=1S/C53H96O4/c54-52(55)49-45-40-38-36-34-32-30-28-26-24-22-20-18-16-14-12-10-8-6-4-2-1-3-5-7-9-11-13-15-17-19-21-23-25-27-29-31-33-35-37-39-41-46-50-53(56)57-51-47-43-42-44-48-51/h42-44,47-48H,1-41,45-46,49-50H2,(H,54,55). The van der Waals surface area contributed by atoms with E-state index in [0.717, 1.165) is 25.7 Å². The number of aliphatic carboxylic acids is 1. The van der Waals surface area contributed by atoms with Crippen LogP contribution >= 0.6 is 0 Å². The Balaban J connectivity index is 1.61. The number of carboxylic acids is 1. The molecule has 0 saturated heterocycles. The molecule has 0 bridgehead atoms. The fourth-order valence-electron chi connectivity index (χ4n) is 8.46. The van der Waals surface area contributed by atoms with Crippen LogP contribution in [0.1, 0.15) is 289 Å². The van der Waals surface area contributed by atoms with Gasteiger partial charge in [0.05, 0.1) is 0 Å². The first-order chi connectivity index (χ1) is 28.2. The SMILES string of the molecule is O=C(O)CCCCCCCCCCCCCCCCCCCCCCCCCCCCCCCCCCCCCCCCCCCCCC(=O)Oc1ccccc1. The van der Waals surface area contributed by atoms with Crippen molar-refractivity contribution in [3.8, 4) is 5.75 Å². The van der Waals surface area contributed by atoms with Gasteiger partial charge in [0.1, 0.15) is 5.75 Å². The lowest BCUT2D eigenvalue weighted by Gasteiger charge is -2.05. The van der Waals surface area contributed by atoms with Crippen LogP contribution in [0.5, 0.6) is 5.75 Å². The van der Waals surface area contributed by atoms with E-state index in [4.69, 9.17) is 9.84 Å². The van der Waals surface area contributed by atoms with Gasteiger partial charge in [-0.15, -0.1) is 0 Å². The summed E-state index contributed by atoms with van der Waals surface area (Å²) in [6.45, 7) is 0. The van der Waals surface area contributed by atoms with Crippen molar-refractivity contribution in [1.82, 2.24) is 0 Å². The molecule has 57 heavy (non-hydrogen) atoms. The maximum absolute atomic E-state index is 11.9. The molecule has 1 rings (SSSR count). The van der Waals surface area contributed by atoms with E-state index in [1.807, 2.05) is 30.3 Å². The lowest BCUT2D eigenvalue weighted by atomic mass is 10.0. The monoisotopic (exact) mass is 797 g/mol. The van der Waals surface area contributed by atoms with Crippen LogP contribution in [0, 0.1) is 0 Å². The lowest BCUT2D eigenvalue weighted by Crippen LogP contribution is -2.07. The van der Waals surface area contributed by atoms with E-state index in [2.05, 4.69) is 0 Å². The van der Waals surface area contributed by atoms with Crippen molar-refractivity contribution in [3.05, 3.63) is 30.3 Å². The van der Waals surface area contributed by atoms with Crippen LogP contribution in [0.15, 0.2) is 30.3 Å². The number of carboxylic acid groups (broad SMARTS) is 1. The second-order valence-corrected chi connectivity index (χ2v) is 17.9. The molecule has 0 fully saturated rings. The number of carbonyl (C=O) groups is 2. The number of para-hydroxylation sites is 1. The molecule has 332 valence electrons. The van der Waals surface area contributed by atoms with Crippen molar-refractivity contribution in [1.29, 1.82) is 0 Å². The lowest BCUT2D eigenvalue weighted by molar-refractivity contribution is -0.137. The van der Waals surface area contributed by atoms with Gasteiger partial charge in [-0.2, -0.15) is 0 Å². The third kappa shape index (κ3) is 43.6. The van der Waals surface area contributed by atoms with Crippen molar-refractivity contribution in [2.75, 3.05) is 0 Å². The fraction of sp³-hybridized carbons (Fsp3) is 0.849. The van der Waals surface area contributed by atoms with Gasteiger partial charge in [-0.3, -0.25) is 9.59 Å². The maximum atomic E-state index is 11.9. The number of hydrogen-bond acceptors (Lipinski definition) is 3. The molecule has 1 N–H and O–H groups in total. The summed E-state index contributed by atoms with van der Waals surface area (Å²) < 4.78 is 5.35. The Morgan fingerprint density at radius 2 is 0.491 bits per heavy atom. The van der Waals surface area contributed by atoms with Crippen LogP contribution < -0.4 is 4.74 Å². The van der Waals surface area contributed by atoms with E-state index < -0.39 is 5.97 Å². The fourth-order valence-corrected chi connectivity index (χ4v) is 8.46. The average molecular weight is 797 g/mol. The second-order valence-electron chi connectivity index (χ2n) is 17.9. The topological polar surface area (TPSA) is 63.6 Å². The zero-order chi connectivity index (χ0) is 40.8. The number of benzene rings is 1. The summed E-state index contributed by atoms with van der Waals surface area (Å²) in [4.78, 5) is 22.4. The molecule has 4 heteroatoms. The summed E-state index contributed by atoms with van der Waals surface area (Å²) in [5.74, 6) is -0.0993. The van der Waals surface area contributed by atoms with E-state index in [9.17, 15) is 9.59 Å². The van der Waals surface area contributed by atoms with E-state index >= 15 is 0 Å². The zero-order valence-corrected chi connectivity index (χ0v) is 37.9. The highest BCUT2D eigenvalue weighted by molar-refractivity contribution is 5.72. The number of esters is 1. The van der Waals surface area contributed by atoms with Crippen LogP contribution in [0.2, 0.25) is 0 Å². The first-order valence-corrected chi connectivity index (χ1v) is 25.7. The minimum Gasteiger partial charge on any atom is -0.481 e. The highest BCUT2D eigenvalue weighted by Crippen LogP contribution is 2.19. The molecule has 0 aliphatic carbocycles. The van der Waals surface area contributed by atoms with Crippen LogP contribution in [0.25, 0.3) is 0 Å². The van der Waals surface area contributed by atoms with Gasteiger partial charge >= 0.3 is 11.9 Å². The van der Waals surface area contributed by atoms with Crippen LogP contribution in [-0.2, 0) is 9.59 Å². The summed E-state index contributed by atoms with van der Waals surface area (Å²) in [5.41, 5.74) is 0. The quantitative estimate of drug-likeness (QED) is 0.0405. The van der Waals surface area contributed by atoms with Gasteiger partial charge in [-0.1, -0.05) is 281 Å². The predicted molar refractivity (Wildman–Crippen MR) is 247 cm³/mol. The predicted octanol–water partition coefficient (Wildman–Crippen LogP) is 18.2. The molecule has 0 aliphatic rings. The minimum absolute atomic E-state index is 0.103. The normalized spacial score (nSPS) is 11.4. The molecule has 1 aromatic carbocycles. The highest BCUT2D eigenvalue weighted by atomic mass is 16.5. The molecule has 0 spiro atoms. The van der Waals surface area contributed by atoms with Gasteiger partial charge in [0.25, 0.3) is 0 Å². The highest BCUT2D eigenvalue weighted by Gasteiger charge is 2.04. The Bertz CT molecular complexity index is 946. The summed E-state index contributed by atoms with van der Waals surface area (Å²) in [7, 11) is 0. The van der Waals surface area contributed by atoms with E-state index in [1.165, 1.54) is 250 Å². The number of carbonyl (C=O) groups excluding carboxylic acids is 1. The maximum Gasteiger partial charge on any atom is 0.311 e. The first kappa shape index (κ1) is 53.2. The van der Waals surface area contributed by atoms with E-state index in [-0.39, 0.29) is 5.97 Å². The van der Waals surface area contributed by atoms with E-state index in [1.54, 1.807) is 0 Å². The van der Waals surface area contributed by atoms with Crippen LogP contribution in [-0.4, -0.2) is 17.0 Å². The molecule has 1 aromatic rings. The molecular formula is C53H96O4. The van der Waals surface area contributed by atoms with Crippen molar-refractivity contribution >= 4 is 11.9 Å². The smallest absolute Gasteiger partial charge is 0.311 e. The number of ether oxygens (including phenoxy) is 1. The molecule has 0 aromatic heterocycles. The van der Waals surface area contributed by atoms with Crippen molar-refractivity contribution < 1.29 is 19.4 Å². The number of unbranched alkanes of at least 4 members (excludes halogenated alkanes) is 42. The Morgan fingerprint density at radius 1 is 0.298 bits per heavy atom. The Morgan fingerprint density at radius 3 is 0.702 bits per heavy atom. The van der Waals surface area contributed by atoms with Gasteiger partial charge in [0, 0.05) is 12.8 Å². The minimum atomic E-state index is -0.650. The number of hydrogen-bond donors (Lipinski definition) is 1. The average Bonchev–Trinajstić information content (AvgIpc) is 3.21. The molecule has 0 amide bonds. The Kier molecular flexibility index (Phi) is 42.2. The van der Waals surface area contributed by atoms with Gasteiger partial charge in [0.15, 0.2) is 0 Å². The summed E-state index contributed by atoms with van der Waals surface area (Å²) in [5, 5.41) is 8.67. The van der Waals surface area contributed by atoms with Crippen molar-refractivity contribution in [2.24, 2.45) is 0 Å². The van der Waals surface area contributed by atoms with Crippen LogP contribution in [0.4, 0.5) is 0 Å². The summed E-state index contributed by atoms with van der Waals surface area (Å²) in [6, 6.07) is 9.39. The molecular weight excluding hydrogens is 701 g/mol. The van der Waals surface area contributed by atoms with Crippen LogP contribution in [0.3, 0.4) is 0 Å². The molecule has 4 nitrogen and oxygen atoms in total. The molecule has 0 unspecified atom stereocenters.